The van der Waals surface area contributed by atoms with Crippen molar-refractivity contribution in [3.63, 3.8) is 0 Å². The summed E-state index contributed by atoms with van der Waals surface area (Å²) in [5.74, 6) is -0.755. The van der Waals surface area contributed by atoms with E-state index < -0.39 is 0 Å². The van der Waals surface area contributed by atoms with Crippen LogP contribution in [0.15, 0.2) is 40.7 Å². The van der Waals surface area contributed by atoms with Gasteiger partial charge in [0.15, 0.2) is 0 Å². The molecular formula is C13H10N4O2. The van der Waals surface area contributed by atoms with Crippen LogP contribution in [0.1, 0.15) is 20.7 Å². The minimum atomic E-state index is -0.377. The van der Waals surface area contributed by atoms with E-state index in [1.807, 2.05) is 6.07 Å². The lowest BCUT2D eigenvalue weighted by Gasteiger charge is -2.17. The van der Waals surface area contributed by atoms with Crippen molar-refractivity contribution in [3.05, 3.63) is 41.5 Å². The molecule has 2 aromatic rings. The van der Waals surface area contributed by atoms with Gasteiger partial charge >= 0.3 is 0 Å². The number of hydrogen-bond acceptors (Lipinski definition) is 4. The van der Waals surface area contributed by atoms with Gasteiger partial charge in [0, 0.05) is 21.9 Å². The molecule has 0 spiro atoms. The van der Waals surface area contributed by atoms with Crippen molar-refractivity contribution in [1.82, 2.24) is 5.32 Å². The number of hydrogen-bond donors (Lipinski definition) is 2. The normalized spacial score (nSPS) is 13.9. The van der Waals surface area contributed by atoms with Crippen LogP contribution in [0, 0.1) is 0 Å². The van der Waals surface area contributed by atoms with Crippen LogP contribution in [-0.4, -0.2) is 18.9 Å². The Bertz CT molecular complexity index is 716. The van der Waals surface area contributed by atoms with Gasteiger partial charge in [-0.25, -0.2) is 0 Å². The molecule has 2 N–H and O–H groups in total. The zero-order valence-corrected chi connectivity index (χ0v) is 10.1. The first-order valence-corrected chi connectivity index (χ1v) is 5.68. The van der Waals surface area contributed by atoms with E-state index in [9.17, 15) is 9.59 Å². The Morgan fingerprint density at radius 1 is 1.05 bits per heavy atom. The number of rotatable bonds is 2. The summed E-state index contributed by atoms with van der Waals surface area (Å²) in [4.78, 5) is 23.6. The predicted octanol–water partition coefficient (Wildman–Crippen LogP) is 2.13. The van der Waals surface area contributed by atoms with Crippen molar-refractivity contribution >= 4 is 28.3 Å². The average Bonchev–Trinajstić information content (AvgIpc) is 2.42. The van der Waals surface area contributed by atoms with E-state index in [2.05, 4.69) is 21.1 Å². The number of carbonyl (C=O) groups is 2. The molecule has 0 saturated heterocycles. The van der Waals surface area contributed by atoms with Gasteiger partial charge < -0.3 is 0 Å². The van der Waals surface area contributed by atoms with Crippen LogP contribution in [0.5, 0.6) is 0 Å². The summed E-state index contributed by atoms with van der Waals surface area (Å²) >= 11 is 0. The quantitative estimate of drug-likeness (QED) is 0.489. The van der Waals surface area contributed by atoms with Crippen molar-refractivity contribution in [1.29, 1.82) is 0 Å². The maximum atomic E-state index is 11.8. The molecule has 0 saturated carbocycles. The van der Waals surface area contributed by atoms with Crippen LogP contribution < -0.4 is 10.7 Å². The van der Waals surface area contributed by atoms with Crippen LogP contribution >= 0.6 is 0 Å². The summed E-state index contributed by atoms with van der Waals surface area (Å²) in [6, 6.07) is 8.71. The number of nitrogens with zero attached hydrogens (tertiary/aromatic N) is 2. The van der Waals surface area contributed by atoms with Gasteiger partial charge in [-0.05, 0) is 18.2 Å². The lowest BCUT2D eigenvalue weighted by Crippen LogP contribution is -2.34. The Hall–Kier alpha value is -2.76. The van der Waals surface area contributed by atoms with Gasteiger partial charge in [-0.15, -0.1) is 0 Å². The molecule has 6 heteroatoms. The maximum Gasteiger partial charge on any atom is 0.258 e. The summed E-state index contributed by atoms with van der Waals surface area (Å²) in [6.07, 6.45) is 0. The largest absolute Gasteiger partial charge is 0.288 e. The summed E-state index contributed by atoms with van der Waals surface area (Å²) in [6.45, 7) is 0. The Morgan fingerprint density at radius 2 is 1.79 bits per heavy atom. The highest BCUT2D eigenvalue weighted by molar-refractivity contribution is 6.26. The maximum absolute atomic E-state index is 11.8. The summed E-state index contributed by atoms with van der Waals surface area (Å²) in [7, 11) is 1.55. The van der Waals surface area contributed by atoms with Gasteiger partial charge in [0.2, 0.25) is 0 Å². The number of nitrogens with one attached hydrogen (secondary N) is 2. The zero-order valence-electron chi connectivity index (χ0n) is 10.1. The summed E-state index contributed by atoms with van der Waals surface area (Å²) < 4.78 is 0. The number of anilines is 1. The molecule has 0 fully saturated rings. The number of amides is 2. The Morgan fingerprint density at radius 3 is 2.53 bits per heavy atom. The standard InChI is InChI=1S/C13H10N4O2/c1-14-17-16-10-6-5-9-11-7(10)3-2-4-8(11)12(18)15-13(9)19/h2-6H,1H3,(H,14,16)(H,15,18,19). The van der Waals surface area contributed by atoms with E-state index in [-0.39, 0.29) is 11.8 Å². The van der Waals surface area contributed by atoms with Crippen LogP contribution in [0.25, 0.3) is 10.8 Å². The first kappa shape index (κ1) is 11.3. The monoisotopic (exact) mass is 254 g/mol. The summed E-state index contributed by atoms with van der Waals surface area (Å²) in [5.41, 5.74) is 4.47. The predicted molar refractivity (Wildman–Crippen MR) is 70.1 cm³/mol. The van der Waals surface area contributed by atoms with Gasteiger partial charge in [0.1, 0.15) is 0 Å². The topological polar surface area (TPSA) is 82.9 Å². The second kappa shape index (κ2) is 4.16. The Kier molecular flexibility index (Phi) is 2.49. The van der Waals surface area contributed by atoms with E-state index in [1.165, 1.54) is 0 Å². The van der Waals surface area contributed by atoms with Crippen LogP contribution in [-0.2, 0) is 0 Å². The molecule has 19 heavy (non-hydrogen) atoms. The van der Waals surface area contributed by atoms with Gasteiger partial charge in [-0.2, -0.15) is 5.11 Å². The first-order valence-electron chi connectivity index (χ1n) is 5.68. The van der Waals surface area contributed by atoms with E-state index in [1.54, 1.807) is 31.3 Å². The van der Waals surface area contributed by atoms with Crippen molar-refractivity contribution in [3.8, 4) is 0 Å². The van der Waals surface area contributed by atoms with Gasteiger partial charge in [0.25, 0.3) is 11.8 Å². The van der Waals surface area contributed by atoms with Crippen molar-refractivity contribution in [2.75, 3.05) is 12.5 Å². The van der Waals surface area contributed by atoms with Crippen molar-refractivity contribution in [2.24, 2.45) is 10.3 Å². The fraction of sp³-hybridized carbons (Fsp3) is 0.0769. The molecule has 1 aliphatic rings. The minimum absolute atomic E-state index is 0.377. The third kappa shape index (κ3) is 1.65. The van der Waals surface area contributed by atoms with Crippen LogP contribution in [0.3, 0.4) is 0 Å². The van der Waals surface area contributed by atoms with E-state index in [4.69, 9.17) is 0 Å². The van der Waals surface area contributed by atoms with E-state index in [0.717, 1.165) is 5.39 Å². The average molecular weight is 254 g/mol. The van der Waals surface area contributed by atoms with Crippen LogP contribution in [0.4, 0.5) is 5.69 Å². The fourth-order valence-electron chi connectivity index (χ4n) is 2.22. The van der Waals surface area contributed by atoms with Crippen molar-refractivity contribution in [2.45, 2.75) is 0 Å². The summed E-state index contributed by atoms with van der Waals surface area (Å²) in [5, 5.41) is 11.1. The minimum Gasteiger partial charge on any atom is -0.288 e. The second-order valence-corrected chi connectivity index (χ2v) is 4.08. The molecule has 0 aliphatic carbocycles. The highest BCUT2D eigenvalue weighted by Crippen LogP contribution is 2.31. The Labute approximate surface area is 108 Å². The molecule has 94 valence electrons. The molecule has 3 rings (SSSR count). The molecular weight excluding hydrogens is 244 g/mol. The van der Waals surface area contributed by atoms with E-state index >= 15 is 0 Å². The second-order valence-electron chi connectivity index (χ2n) is 4.08. The molecule has 0 bridgehead atoms. The third-order valence-corrected chi connectivity index (χ3v) is 3.03. The first-order chi connectivity index (χ1) is 9.22. The molecule has 6 nitrogen and oxygen atoms in total. The van der Waals surface area contributed by atoms with Gasteiger partial charge in [-0.3, -0.25) is 20.3 Å². The SMILES string of the molecule is CN=NNc1ccc2c3c(cccc13)C(=O)NC2=O. The van der Waals surface area contributed by atoms with Gasteiger partial charge in [0.05, 0.1) is 12.7 Å². The smallest absolute Gasteiger partial charge is 0.258 e. The number of imide groups is 1. The highest BCUT2D eigenvalue weighted by Gasteiger charge is 2.25. The molecule has 0 aromatic heterocycles. The highest BCUT2D eigenvalue weighted by atomic mass is 16.2. The van der Waals surface area contributed by atoms with Crippen molar-refractivity contribution < 1.29 is 9.59 Å². The molecule has 1 aliphatic heterocycles. The lowest BCUT2D eigenvalue weighted by molar-refractivity contribution is 0.0845. The number of benzene rings is 2. The third-order valence-electron chi connectivity index (χ3n) is 3.03. The molecule has 1 heterocycles. The molecule has 2 aromatic carbocycles. The number of carbonyl (C=O) groups excluding carboxylic acids is 2. The molecule has 0 unspecified atom stereocenters. The van der Waals surface area contributed by atoms with Gasteiger partial charge in [-0.1, -0.05) is 17.4 Å². The molecule has 2 amide bonds. The fourth-order valence-corrected chi connectivity index (χ4v) is 2.22. The Balaban J connectivity index is 2.35. The van der Waals surface area contributed by atoms with Crippen LogP contribution in [0.2, 0.25) is 0 Å². The zero-order chi connectivity index (χ0) is 13.4. The molecule has 0 radical (unpaired) electrons. The lowest BCUT2D eigenvalue weighted by atomic mass is 9.94. The van der Waals surface area contributed by atoms with E-state index in [0.29, 0.717) is 22.2 Å². The molecule has 0 atom stereocenters.